The van der Waals surface area contributed by atoms with Gasteiger partial charge in [-0.25, -0.2) is 4.90 Å². The summed E-state index contributed by atoms with van der Waals surface area (Å²) in [6, 6.07) is 11.1. The molecule has 0 N–H and O–H groups in total. The SMILES string of the molecule is N#Cc1cc(Cl)c(Cl)cc1N1C(=O)c2ccccc2C1=O. The van der Waals surface area contributed by atoms with E-state index in [0.29, 0.717) is 11.1 Å². The Morgan fingerprint density at radius 3 is 2.00 bits per heavy atom. The molecule has 2 aromatic rings. The molecule has 0 bridgehead atoms. The van der Waals surface area contributed by atoms with Crippen LogP contribution in [0.15, 0.2) is 36.4 Å². The number of hydrogen-bond acceptors (Lipinski definition) is 3. The van der Waals surface area contributed by atoms with Gasteiger partial charge in [0.1, 0.15) is 6.07 Å². The highest BCUT2D eigenvalue weighted by Gasteiger charge is 2.37. The van der Waals surface area contributed by atoms with Gasteiger partial charge in [0.05, 0.1) is 32.4 Å². The van der Waals surface area contributed by atoms with Crippen LogP contribution in [0.2, 0.25) is 10.0 Å². The molecule has 4 nitrogen and oxygen atoms in total. The average Bonchev–Trinajstić information content (AvgIpc) is 2.74. The number of hydrogen-bond donors (Lipinski definition) is 0. The van der Waals surface area contributed by atoms with Crippen molar-refractivity contribution in [2.24, 2.45) is 0 Å². The fraction of sp³-hybridized carbons (Fsp3) is 0. The molecule has 1 heterocycles. The fourth-order valence-corrected chi connectivity index (χ4v) is 2.54. The summed E-state index contributed by atoms with van der Waals surface area (Å²) in [4.78, 5) is 25.7. The van der Waals surface area contributed by atoms with E-state index in [9.17, 15) is 14.9 Å². The molecule has 0 spiro atoms. The minimum absolute atomic E-state index is 0.110. The second-order valence-electron chi connectivity index (χ2n) is 4.39. The van der Waals surface area contributed by atoms with Crippen molar-refractivity contribution in [2.75, 3.05) is 4.90 Å². The van der Waals surface area contributed by atoms with E-state index in [-0.39, 0.29) is 21.3 Å². The summed E-state index contributed by atoms with van der Waals surface area (Å²) < 4.78 is 0. The van der Waals surface area contributed by atoms with Gasteiger partial charge in [-0.1, -0.05) is 35.3 Å². The number of carbonyl (C=O) groups is 2. The third-order valence-corrected chi connectivity index (χ3v) is 3.92. The minimum Gasteiger partial charge on any atom is -0.268 e. The van der Waals surface area contributed by atoms with E-state index in [1.807, 2.05) is 6.07 Å². The van der Waals surface area contributed by atoms with Gasteiger partial charge in [-0.15, -0.1) is 0 Å². The van der Waals surface area contributed by atoms with Crippen LogP contribution in [0, 0.1) is 11.3 Å². The van der Waals surface area contributed by atoms with Crippen LogP contribution in [0.25, 0.3) is 0 Å². The van der Waals surface area contributed by atoms with E-state index in [1.54, 1.807) is 24.3 Å². The molecular weight excluding hydrogens is 311 g/mol. The topological polar surface area (TPSA) is 61.2 Å². The Bertz CT molecular complexity index is 805. The maximum absolute atomic E-state index is 12.4. The lowest BCUT2D eigenvalue weighted by molar-refractivity contribution is 0.0926. The molecule has 0 unspecified atom stereocenters. The molecule has 102 valence electrons. The molecule has 0 aliphatic carbocycles. The second kappa shape index (κ2) is 4.88. The number of imide groups is 1. The number of halogens is 2. The predicted molar refractivity (Wildman–Crippen MR) is 78.8 cm³/mol. The molecule has 0 saturated carbocycles. The lowest BCUT2D eigenvalue weighted by Gasteiger charge is -2.16. The van der Waals surface area contributed by atoms with Crippen molar-refractivity contribution in [1.82, 2.24) is 0 Å². The minimum atomic E-state index is -0.481. The van der Waals surface area contributed by atoms with Gasteiger partial charge in [-0.05, 0) is 24.3 Å². The summed E-state index contributed by atoms with van der Waals surface area (Å²) in [5.74, 6) is -0.962. The maximum atomic E-state index is 12.4. The normalized spacial score (nSPS) is 13.3. The van der Waals surface area contributed by atoms with E-state index >= 15 is 0 Å². The summed E-state index contributed by atoms with van der Waals surface area (Å²) >= 11 is 11.8. The lowest BCUT2D eigenvalue weighted by atomic mass is 10.1. The number of fused-ring (bicyclic) bond motifs is 1. The van der Waals surface area contributed by atoms with Gasteiger partial charge in [-0.3, -0.25) is 9.59 Å². The first kappa shape index (κ1) is 13.6. The molecule has 0 radical (unpaired) electrons. The molecule has 6 heteroatoms. The van der Waals surface area contributed by atoms with Gasteiger partial charge in [0.2, 0.25) is 0 Å². The van der Waals surface area contributed by atoms with Crippen LogP contribution in [0.3, 0.4) is 0 Å². The van der Waals surface area contributed by atoms with Crippen molar-refractivity contribution in [1.29, 1.82) is 5.26 Å². The Morgan fingerprint density at radius 2 is 1.48 bits per heavy atom. The van der Waals surface area contributed by atoms with Crippen LogP contribution in [-0.4, -0.2) is 11.8 Å². The maximum Gasteiger partial charge on any atom is 0.266 e. The van der Waals surface area contributed by atoms with E-state index < -0.39 is 11.8 Å². The predicted octanol–water partition coefficient (Wildman–Crippen LogP) is 3.67. The third-order valence-electron chi connectivity index (χ3n) is 3.19. The molecule has 0 aromatic heterocycles. The van der Waals surface area contributed by atoms with E-state index in [1.165, 1.54) is 12.1 Å². The Kier molecular flexibility index (Phi) is 3.17. The summed E-state index contributed by atoms with van der Waals surface area (Å²) in [6.45, 7) is 0. The third kappa shape index (κ3) is 1.99. The number of rotatable bonds is 1. The van der Waals surface area contributed by atoms with Crippen LogP contribution >= 0.6 is 23.2 Å². The van der Waals surface area contributed by atoms with Gasteiger partial charge in [0, 0.05) is 0 Å². The Balaban J connectivity index is 2.20. The molecular formula is C15H6Cl2N2O2. The number of carbonyl (C=O) groups excluding carboxylic acids is 2. The Hall–Kier alpha value is -2.35. The smallest absolute Gasteiger partial charge is 0.266 e. The molecule has 21 heavy (non-hydrogen) atoms. The van der Waals surface area contributed by atoms with Crippen molar-refractivity contribution in [3.05, 3.63) is 63.1 Å². The zero-order valence-electron chi connectivity index (χ0n) is 10.4. The molecule has 0 saturated heterocycles. The van der Waals surface area contributed by atoms with Gasteiger partial charge in [-0.2, -0.15) is 5.26 Å². The average molecular weight is 317 g/mol. The van der Waals surface area contributed by atoms with Gasteiger partial charge < -0.3 is 0 Å². The van der Waals surface area contributed by atoms with E-state index in [0.717, 1.165) is 4.90 Å². The van der Waals surface area contributed by atoms with Crippen LogP contribution in [-0.2, 0) is 0 Å². The van der Waals surface area contributed by atoms with Gasteiger partial charge in [0.25, 0.3) is 11.8 Å². The zero-order valence-corrected chi connectivity index (χ0v) is 11.9. The van der Waals surface area contributed by atoms with Crippen molar-refractivity contribution >= 4 is 40.7 Å². The Morgan fingerprint density at radius 1 is 0.952 bits per heavy atom. The molecule has 3 rings (SSSR count). The van der Waals surface area contributed by atoms with Crippen LogP contribution < -0.4 is 4.90 Å². The van der Waals surface area contributed by atoms with Crippen molar-refractivity contribution in [3.8, 4) is 6.07 Å². The van der Waals surface area contributed by atoms with Crippen molar-refractivity contribution in [2.45, 2.75) is 0 Å². The number of nitriles is 1. The summed E-state index contributed by atoms with van der Waals surface area (Å²) in [5.41, 5.74) is 0.854. The van der Waals surface area contributed by atoms with Gasteiger partial charge >= 0.3 is 0 Å². The van der Waals surface area contributed by atoms with E-state index in [2.05, 4.69) is 0 Å². The van der Waals surface area contributed by atoms with Crippen LogP contribution in [0.5, 0.6) is 0 Å². The second-order valence-corrected chi connectivity index (χ2v) is 5.20. The standard InChI is InChI=1S/C15H6Cl2N2O2/c16-11-5-8(7-18)13(6-12(11)17)19-14(20)9-3-1-2-4-10(9)15(19)21/h1-6H. The molecule has 1 aliphatic heterocycles. The van der Waals surface area contributed by atoms with Gasteiger partial charge in [0.15, 0.2) is 0 Å². The monoisotopic (exact) mass is 316 g/mol. The molecule has 0 atom stereocenters. The lowest BCUT2D eigenvalue weighted by Crippen LogP contribution is -2.30. The highest BCUT2D eigenvalue weighted by atomic mass is 35.5. The number of benzene rings is 2. The summed E-state index contributed by atoms with van der Waals surface area (Å²) in [7, 11) is 0. The van der Waals surface area contributed by atoms with E-state index in [4.69, 9.17) is 23.2 Å². The highest BCUT2D eigenvalue weighted by Crippen LogP contribution is 2.35. The summed E-state index contributed by atoms with van der Waals surface area (Å²) in [6.07, 6.45) is 0. The first-order valence-corrected chi connectivity index (χ1v) is 6.67. The first-order valence-electron chi connectivity index (χ1n) is 5.91. The number of nitrogens with zero attached hydrogens (tertiary/aromatic N) is 2. The highest BCUT2D eigenvalue weighted by molar-refractivity contribution is 6.43. The zero-order chi connectivity index (χ0) is 15.1. The molecule has 1 aliphatic rings. The molecule has 2 amide bonds. The quantitative estimate of drug-likeness (QED) is 0.754. The van der Waals surface area contributed by atoms with Crippen LogP contribution in [0.4, 0.5) is 5.69 Å². The molecule has 2 aromatic carbocycles. The largest absolute Gasteiger partial charge is 0.268 e. The fourth-order valence-electron chi connectivity index (χ4n) is 2.22. The van der Waals surface area contributed by atoms with Crippen LogP contribution in [0.1, 0.15) is 26.3 Å². The molecule has 0 fully saturated rings. The summed E-state index contributed by atoms with van der Waals surface area (Å²) in [5, 5.41) is 9.54. The first-order chi connectivity index (χ1) is 10.0. The Labute approximate surface area is 130 Å². The van der Waals surface area contributed by atoms with Crippen molar-refractivity contribution in [3.63, 3.8) is 0 Å². The number of amides is 2. The number of anilines is 1. The van der Waals surface area contributed by atoms with Crippen molar-refractivity contribution < 1.29 is 9.59 Å².